The predicted molar refractivity (Wildman–Crippen MR) is 203 cm³/mol. The zero-order valence-corrected chi connectivity index (χ0v) is 30.9. The molecule has 0 aromatic heterocycles. The molecule has 0 aliphatic carbocycles. The van der Waals surface area contributed by atoms with E-state index in [0.717, 1.165) is 51.4 Å². The fourth-order valence-electron chi connectivity index (χ4n) is 5.32. The topological polar surface area (TPSA) is 105 Å². The Morgan fingerprint density at radius 2 is 0.750 bits per heavy atom. The minimum atomic E-state index is -0.609. The molecule has 0 heterocycles. The van der Waals surface area contributed by atoms with Crippen LogP contribution in [0.1, 0.15) is 120 Å². The van der Waals surface area contributed by atoms with Gasteiger partial charge in [0.05, 0.1) is 35.5 Å². The average molecular weight is 709 g/mol. The molecule has 2 unspecified atom stereocenters. The third-order valence-corrected chi connectivity index (χ3v) is 8.63. The van der Waals surface area contributed by atoms with Gasteiger partial charge in [0.1, 0.15) is 11.5 Å². The van der Waals surface area contributed by atoms with E-state index in [0.29, 0.717) is 47.7 Å². The molecule has 0 amide bonds. The van der Waals surface area contributed by atoms with Gasteiger partial charge in [-0.2, -0.15) is 0 Å². The summed E-state index contributed by atoms with van der Waals surface area (Å²) in [6, 6.07) is 30.5. The number of unbranched alkanes of at least 4 members (excludes halogenated alkanes) is 2. The van der Waals surface area contributed by atoms with Crippen molar-refractivity contribution >= 4 is 23.9 Å². The lowest BCUT2D eigenvalue weighted by molar-refractivity contribution is 0.0381. The van der Waals surface area contributed by atoms with Gasteiger partial charge in [-0.1, -0.05) is 127 Å². The third-order valence-electron chi connectivity index (χ3n) is 8.63. The Bertz CT molecular complexity index is 1540. The van der Waals surface area contributed by atoms with E-state index in [1.165, 1.54) is 12.1 Å². The summed E-state index contributed by atoms with van der Waals surface area (Å²) in [4.78, 5) is 49.9. The zero-order chi connectivity index (χ0) is 37.6. The Labute approximate surface area is 308 Å². The second-order valence-corrected chi connectivity index (χ2v) is 12.5. The Morgan fingerprint density at radius 3 is 1.06 bits per heavy atom. The molecule has 0 aliphatic heterocycles. The highest BCUT2D eigenvalue weighted by Gasteiger charge is 2.22. The summed E-state index contributed by atoms with van der Waals surface area (Å²) < 4.78 is 21.6. The van der Waals surface area contributed by atoms with E-state index in [2.05, 4.69) is 27.7 Å². The highest BCUT2D eigenvalue weighted by atomic mass is 16.5. The van der Waals surface area contributed by atoms with E-state index in [1.807, 2.05) is 12.1 Å². The van der Waals surface area contributed by atoms with Crippen LogP contribution in [0, 0.1) is 11.8 Å². The molecule has 4 aromatic carbocycles. The van der Waals surface area contributed by atoms with Crippen LogP contribution in [0.25, 0.3) is 0 Å². The highest BCUT2D eigenvalue weighted by Crippen LogP contribution is 2.20. The first kappa shape index (κ1) is 41.2. The molecule has 0 radical (unpaired) electrons. The SMILES string of the molecule is CCCCC(CC)COC(=O)c1ccccc1C(=O)OCC(CC)CCCC.O=C(Oc1ccccc1)c1ccccc1C(=O)Oc1ccccc1. The summed E-state index contributed by atoms with van der Waals surface area (Å²) in [6.07, 6.45) is 8.61. The second-order valence-electron chi connectivity index (χ2n) is 12.5. The van der Waals surface area contributed by atoms with Crippen molar-refractivity contribution < 1.29 is 38.1 Å². The first-order valence-electron chi connectivity index (χ1n) is 18.4. The van der Waals surface area contributed by atoms with Gasteiger partial charge in [-0.3, -0.25) is 0 Å². The van der Waals surface area contributed by atoms with Crippen LogP contribution in [0.15, 0.2) is 109 Å². The van der Waals surface area contributed by atoms with Crippen LogP contribution in [-0.2, 0) is 9.47 Å². The summed E-state index contributed by atoms with van der Waals surface area (Å²) in [5.41, 5.74) is 0.892. The van der Waals surface area contributed by atoms with Crippen LogP contribution >= 0.6 is 0 Å². The van der Waals surface area contributed by atoms with Gasteiger partial charge in [-0.15, -0.1) is 0 Å². The number of benzene rings is 4. The molecule has 2 atom stereocenters. The number of carbonyl (C=O) groups is 4. The predicted octanol–water partition coefficient (Wildman–Crippen LogP) is 10.6. The molecule has 8 heteroatoms. The molecule has 276 valence electrons. The van der Waals surface area contributed by atoms with Crippen molar-refractivity contribution in [1.82, 2.24) is 0 Å². The maximum atomic E-state index is 12.6. The number of ether oxygens (including phenoxy) is 4. The smallest absolute Gasteiger partial charge is 0.344 e. The monoisotopic (exact) mass is 708 g/mol. The highest BCUT2D eigenvalue weighted by molar-refractivity contribution is 6.04. The van der Waals surface area contributed by atoms with Crippen LogP contribution in [0.5, 0.6) is 11.5 Å². The summed E-state index contributed by atoms with van der Waals surface area (Å²) >= 11 is 0. The van der Waals surface area contributed by atoms with Gasteiger partial charge < -0.3 is 18.9 Å². The summed E-state index contributed by atoms with van der Waals surface area (Å²) in [5.74, 6) is -0.550. The van der Waals surface area contributed by atoms with E-state index in [9.17, 15) is 19.2 Å². The molecule has 4 rings (SSSR count). The molecule has 52 heavy (non-hydrogen) atoms. The van der Waals surface area contributed by atoms with Gasteiger partial charge in [0.25, 0.3) is 0 Å². The standard InChI is InChI=1S/C24H38O4.C20H14O4/c1-5-9-13-19(7-3)17-27-23(25)21-15-11-12-16-22(21)24(26)28-18-20(8-4)14-10-6-2;21-19(23-15-9-3-1-4-10-15)17-13-7-8-14-18(17)20(22)24-16-11-5-2-6-12-16/h11-12,15-16,19-20H,5-10,13-14,17-18H2,1-4H3;1-14H. The third kappa shape index (κ3) is 13.8. The number of hydrogen-bond donors (Lipinski definition) is 0. The minimum Gasteiger partial charge on any atom is -0.462 e. The van der Waals surface area contributed by atoms with Crippen molar-refractivity contribution in [2.24, 2.45) is 11.8 Å². The van der Waals surface area contributed by atoms with Crippen molar-refractivity contribution in [3.8, 4) is 11.5 Å². The Kier molecular flexibility index (Phi) is 18.4. The van der Waals surface area contributed by atoms with Crippen LogP contribution in [0.3, 0.4) is 0 Å². The molecule has 0 spiro atoms. The van der Waals surface area contributed by atoms with Crippen LogP contribution < -0.4 is 9.47 Å². The molecule has 0 bridgehead atoms. The molecule has 4 aromatic rings. The first-order chi connectivity index (χ1) is 25.3. The van der Waals surface area contributed by atoms with Gasteiger partial charge >= 0.3 is 23.9 Å². The Morgan fingerprint density at radius 1 is 0.442 bits per heavy atom. The van der Waals surface area contributed by atoms with Crippen molar-refractivity contribution in [3.63, 3.8) is 0 Å². The van der Waals surface area contributed by atoms with Gasteiger partial charge in [0, 0.05) is 0 Å². The number of carbonyl (C=O) groups excluding carboxylic acids is 4. The van der Waals surface area contributed by atoms with Crippen LogP contribution in [0.4, 0.5) is 0 Å². The van der Waals surface area contributed by atoms with Crippen molar-refractivity contribution in [2.45, 2.75) is 79.1 Å². The maximum absolute atomic E-state index is 12.6. The molecule has 0 saturated carbocycles. The largest absolute Gasteiger partial charge is 0.462 e. The molecule has 0 saturated heterocycles. The summed E-state index contributed by atoms with van der Waals surface area (Å²) in [7, 11) is 0. The van der Waals surface area contributed by atoms with Crippen molar-refractivity contribution in [1.29, 1.82) is 0 Å². The van der Waals surface area contributed by atoms with Crippen molar-refractivity contribution in [2.75, 3.05) is 13.2 Å². The lowest BCUT2D eigenvalue weighted by Crippen LogP contribution is -2.19. The number of para-hydroxylation sites is 2. The van der Waals surface area contributed by atoms with E-state index >= 15 is 0 Å². The molecule has 0 aliphatic rings. The van der Waals surface area contributed by atoms with Crippen LogP contribution in [-0.4, -0.2) is 37.1 Å². The number of hydrogen-bond acceptors (Lipinski definition) is 8. The van der Waals surface area contributed by atoms with E-state index < -0.39 is 23.9 Å². The first-order valence-corrected chi connectivity index (χ1v) is 18.4. The van der Waals surface area contributed by atoms with Gasteiger partial charge in [0.2, 0.25) is 0 Å². The minimum absolute atomic E-state index is 0.155. The fourth-order valence-corrected chi connectivity index (χ4v) is 5.32. The van der Waals surface area contributed by atoms with E-state index in [4.69, 9.17) is 18.9 Å². The van der Waals surface area contributed by atoms with Gasteiger partial charge in [-0.25, -0.2) is 19.2 Å². The van der Waals surface area contributed by atoms with Gasteiger partial charge in [-0.05, 0) is 73.2 Å². The molecular formula is C44H52O8. The zero-order valence-electron chi connectivity index (χ0n) is 30.9. The number of rotatable bonds is 18. The Balaban J connectivity index is 0.000000283. The number of esters is 4. The molecule has 0 fully saturated rings. The van der Waals surface area contributed by atoms with E-state index in [1.54, 1.807) is 84.9 Å². The summed E-state index contributed by atoms with van der Waals surface area (Å²) in [5, 5.41) is 0. The lowest BCUT2D eigenvalue weighted by Gasteiger charge is -2.17. The van der Waals surface area contributed by atoms with Gasteiger partial charge in [0.15, 0.2) is 0 Å². The molecule has 0 N–H and O–H groups in total. The maximum Gasteiger partial charge on any atom is 0.344 e. The summed E-state index contributed by atoms with van der Waals surface area (Å²) in [6.45, 7) is 9.34. The fraction of sp³-hybridized carbons (Fsp3) is 0.364. The second kappa shape index (κ2) is 23.3. The quantitative estimate of drug-likeness (QED) is 0.0743. The Hall–Kier alpha value is -5.24. The normalized spacial score (nSPS) is 11.6. The van der Waals surface area contributed by atoms with Crippen molar-refractivity contribution in [3.05, 3.63) is 131 Å². The van der Waals surface area contributed by atoms with Crippen LogP contribution in [0.2, 0.25) is 0 Å². The average Bonchev–Trinajstić information content (AvgIpc) is 3.18. The molecule has 8 nitrogen and oxygen atoms in total. The lowest BCUT2D eigenvalue weighted by atomic mass is 10.0. The van der Waals surface area contributed by atoms with E-state index in [-0.39, 0.29) is 11.1 Å². The molecular weight excluding hydrogens is 656 g/mol.